The van der Waals surface area contributed by atoms with Crippen LogP contribution in [0.15, 0.2) is 6.33 Å². The molecule has 0 radical (unpaired) electrons. The highest BCUT2D eigenvalue weighted by Gasteiger charge is 2.20. The molecule has 1 rings (SSSR count). The molecule has 0 aromatic carbocycles. The molecule has 0 aliphatic carbocycles. The first-order valence-electron chi connectivity index (χ1n) is 4.10. The van der Waals surface area contributed by atoms with Gasteiger partial charge in [-0.1, -0.05) is 0 Å². The van der Waals surface area contributed by atoms with E-state index in [1.165, 1.54) is 18.0 Å². The Kier molecular flexibility index (Phi) is 3.04. The predicted octanol–water partition coefficient (Wildman–Crippen LogP) is 0.360. The fourth-order valence-electron chi connectivity index (χ4n) is 1.13. The van der Waals surface area contributed by atoms with Gasteiger partial charge in [0, 0.05) is 0 Å². The van der Waals surface area contributed by atoms with E-state index in [0.29, 0.717) is 0 Å². The molecule has 0 N–H and O–H groups in total. The number of ether oxygens (including phenoxy) is 1. The standard InChI is InChI=1S/C9H8N4O2/c1-6(9(14)15-2)13-5-12-7(3-10)8(13)4-11/h5-6H,1-2H3/t6-/m0/s1. The summed E-state index contributed by atoms with van der Waals surface area (Å²) in [5.41, 5.74) is 0.0728. The number of nitriles is 2. The maximum atomic E-state index is 11.2. The van der Waals surface area contributed by atoms with Gasteiger partial charge in [0.1, 0.15) is 18.2 Å². The number of methoxy groups -OCH3 is 1. The first-order chi connectivity index (χ1) is 7.15. The second kappa shape index (κ2) is 4.25. The van der Waals surface area contributed by atoms with E-state index in [4.69, 9.17) is 10.5 Å². The Labute approximate surface area is 86.3 Å². The topological polar surface area (TPSA) is 91.7 Å². The number of hydrogen-bond donors (Lipinski definition) is 0. The SMILES string of the molecule is COC(=O)[C@H](C)n1cnc(C#N)c1C#N. The van der Waals surface area contributed by atoms with Crippen LogP contribution in [0.4, 0.5) is 0 Å². The number of rotatable bonds is 2. The summed E-state index contributed by atoms with van der Waals surface area (Å²) in [4.78, 5) is 14.9. The molecule has 1 atom stereocenters. The maximum absolute atomic E-state index is 11.2. The first kappa shape index (κ1) is 10.7. The van der Waals surface area contributed by atoms with Gasteiger partial charge in [-0.05, 0) is 6.92 Å². The molecule has 0 unspecified atom stereocenters. The molecular formula is C9H8N4O2. The van der Waals surface area contributed by atoms with Crippen LogP contribution < -0.4 is 0 Å². The third-order valence-corrected chi connectivity index (χ3v) is 1.97. The molecule has 0 saturated heterocycles. The Bertz CT molecular complexity index is 463. The lowest BCUT2D eigenvalue weighted by Gasteiger charge is -2.10. The quantitative estimate of drug-likeness (QED) is 0.648. The Morgan fingerprint density at radius 1 is 1.60 bits per heavy atom. The van der Waals surface area contributed by atoms with Gasteiger partial charge in [-0.3, -0.25) is 0 Å². The summed E-state index contributed by atoms with van der Waals surface area (Å²) in [6, 6.07) is 2.93. The lowest BCUT2D eigenvalue weighted by atomic mass is 10.3. The maximum Gasteiger partial charge on any atom is 0.328 e. The molecule has 0 amide bonds. The van der Waals surface area contributed by atoms with E-state index in [0.717, 1.165) is 0 Å². The van der Waals surface area contributed by atoms with Crippen molar-refractivity contribution in [1.82, 2.24) is 9.55 Å². The molecule has 0 spiro atoms. The smallest absolute Gasteiger partial charge is 0.328 e. The molecule has 6 heteroatoms. The first-order valence-corrected chi connectivity index (χ1v) is 4.10. The minimum absolute atomic E-state index is 0.00764. The highest BCUT2D eigenvalue weighted by molar-refractivity contribution is 5.74. The molecule has 15 heavy (non-hydrogen) atoms. The number of carbonyl (C=O) groups excluding carboxylic acids is 1. The van der Waals surface area contributed by atoms with Crippen LogP contribution in [0.1, 0.15) is 24.4 Å². The van der Waals surface area contributed by atoms with Gasteiger partial charge < -0.3 is 9.30 Å². The zero-order chi connectivity index (χ0) is 11.4. The van der Waals surface area contributed by atoms with E-state index < -0.39 is 12.0 Å². The molecule has 6 nitrogen and oxygen atoms in total. The zero-order valence-electron chi connectivity index (χ0n) is 8.26. The van der Waals surface area contributed by atoms with Crippen molar-refractivity contribution in [2.75, 3.05) is 7.11 Å². The third-order valence-electron chi connectivity index (χ3n) is 1.97. The normalized spacial score (nSPS) is 11.2. The van der Waals surface area contributed by atoms with E-state index >= 15 is 0 Å². The summed E-state index contributed by atoms with van der Waals surface area (Å²) in [6.07, 6.45) is 1.28. The zero-order valence-corrected chi connectivity index (χ0v) is 8.26. The molecule has 1 heterocycles. The summed E-state index contributed by atoms with van der Waals surface area (Å²) in [5, 5.41) is 17.5. The molecule has 0 saturated carbocycles. The van der Waals surface area contributed by atoms with Gasteiger partial charge in [0.05, 0.1) is 13.4 Å². The molecule has 0 fully saturated rings. The fraction of sp³-hybridized carbons (Fsp3) is 0.333. The van der Waals surface area contributed by atoms with Crippen LogP contribution in [-0.2, 0) is 9.53 Å². The van der Waals surface area contributed by atoms with Crippen molar-refractivity contribution in [3.63, 3.8) is 0 Å². The van der Waals surface area contributed by atoms with Gasteiger partial charge in [0.25, 0.3) is 0 Å². The highest BCUT2D eigenvalue weighted by Crippen LogP contribution is 2.13. The Morgan fingerprint density at radius 3 is 2.73 bits per heavy atom. The van der Waals surface area contributed by atoms with Crippen LogP contribution in [0.2, 0.25) is 0 Å². The van der Waals surface area contributed by atoms with Gasteiger partial charge in [-0.15, -0.1) is 0 Å². The van der Waals surface area contributed by atoms with Gasteiger partial charge >= 0.3 is 5.97 Å². The van der Waals surface area contributed by atoms with Crippen molar-refractivity contribution in [2.45, 2.75) is 13.0 Å². The van der Waals surface area contributed by atoms with Gasteiger partial charge in [-0.25, -0.2) is 9.78 Å². The van der Waals surface area contributed by atoms with E-state index in [2.05, 4.69) is 9.72 Å². The van der Waals surface area contributed by atoms with Crippen molar-refractivity contribution in [3.05, 3.63) is 17.7 Å². The highest BCUT2D eigenvalue weighted by atomic mass is 16.5. The average molecular weight is 204 g/mol. The van der Waals surface area contributed by atoms with Crippen molar-refractivity contribution in [1.29, 1.82) is 10.5 Å². The van der Waals surface area contributed by atoms with Gasteiger partial charge in [0.15, 0.2) is 11.4 Å². The van der Waals surface area contributed by atoms with Crippen LogP contribution in [0.25, 0.3) is 0 Å². The van der Waals surface area contributed by atoms with E-state index in [-0.39, 0.29) is 11.4 Å². The van der Waals surface area contributed by atoms with Crippen molar-refractivity contribution < 1.29 is 9.53 Å². The Morgan fingerprint density at radius 2 is 2.27 bits per heavy atom. The van der Waals surface area contributed by atoms with Crippen LogP contribution in [-0.4, -0.2) is 22.6 Å². The summed E-state index contributed by atoms with van der Waals surface area (Å²) < 4.78 is 5.84. The minimum atomic E-state index is -0.667. The summed E-state index contributed by atoms with van der Waals surface area (Å²) in [6.45, 7) is 1.56. The lowest BCUT2D eigenvalue weighted by Crippen LogP contribution is -2.18. The number of carbonyl (C=O) groups is 1. The third kappa shape index (κ3) is 1.79. The lowest BCUT2D eigenvalue weighted by molar-refractivity contribution is -0.144. The Balaban J connectivity index is 3.18. The van der Waals surface area contributed by atoms with Crippen molar-refractivity contribution >= 4 is 5.97 Å². The number of nitrogens with zero attached hydrogens (tertiary/aromatic N) is 4. The van der Waals surface area contributed by atoms with Gasteiger partial charge in [0.2, 0.25) is 0 Å². The molecule has 76 valence electrons. The second-order valence-electron chi connectivity index (χ2n) is 2.77. The average Bonchev–Trinajstić information content (AvgIpc) is 2.69. The summed E-state index contributed by atoms with van der Waals surface area (Å²) in [7, 11) is 1.26. The fourth-order valence-corrected chi connectivity index (χ4v) is 1.13. The van der Waals surface area contributed by atoms with Crippen LogP contribution in [0.5, 0.6) is 0 Å². The predicted molar refractivity (Wildman–Crippen MR) is 48.4 cm³/mol. The minimum Gasteiger partial charge on any atom is -0.467 e. The van der Waals surface area contributed by atoms with Crippen LogP contribution in [0, 0.1) is 22.7 Å². The molecule has 1 aromatic heterocycles. The number of esters is 1. The number of hydrogen-bond acceptors (Lipinski definition) is 5. The van der Waals surface area contributed by atoms with E-state index in [9.17, 15) is 4.79 Å². The molecular weight excluding hydrogens is 196 g/mol. The molecule has 0 aliphatic rings. The van der Waals surface area contributed by atoms with Crippen molar-refractivity contribution in [2.24, 2.45) is 0 Å². The number of imidazole rings is 1. The van der Waals surface area contributed by atoms with E-state index in [1.54, 1.807) is 13.0 Å². The number of aromatic nitrogens is 2. The van der Waals surface area contributed by atoms with Crippen LogP contribution in [0.3, 0.4) is 0 Å². The van der Waals surface area contributed by atoms with E-state index in [1.807, 2.05) is 6.07 Å². The largest absolute Gasteiger partial charge is 0.467 e. The second-order valence-corrected chi connectivity index (χ2v) is 2.77. The van der Waals surface area contributed by atoms with Crippen molar-refractivity contribution in [3.8, 4) is 12.1 Å². The van der Waals surface area contributed by atoms with Gasteiger partial charge in [-0.2, -0.15) is 10.5 Å². The Hall–Kier alpha value is -2.34. The summed E-state index contributed by atoms with van der Waals surface area (Å²) >= 11 is 0. The summed E-state index contributed by atoms with van der Waals surface area (Å²) in [5.74, 6) is -0.492. The molecule has 0 bridgehead atoms. The van der Waals surface area contributed by atoms with Crippen LogP contribution >= 0.6 is 0 Å². The molecule has 1 aromatic rings. The molecule has 0 aliphatic heterocycles. The monoisotopic (exact) mass is 204 g/mol.